The van der Waals surface area contributed by atoms with E-state index in [0.29, 0.717) is 33.5 Å². The number of aryl methyl sites for hydroxylation is 1. The first kappa shape index (κ1) is 14.6. The van der Waals surface area contributed by atoms with Crippen molar-refractivity contribution in [3.8, 4) is 11.3 Å². The van der Waals surface area contributed by atoms with Gasteiger partial charge in [-0.1, -0.05) is 22.9 Å². The van der Waals surface area contributed by atoms with Crippen molar-refractivity contribution in [2.75, 3.05) is 0 Å². The van der Waals surface area contributed by atoms with Crippen LogP contribution in [0, 0.1) is 5.82 Å². The fourth-order valence-corrected chi connectivity index (χ4v) is 2.56. The van der Waals surface area contributed by atoms with Crippen LogP contribution >= 0.6 is 15.9 Å². The molecular formula is C15H11BrFN3O2. The van der Waals surface area contributed by atoms with E-state index in [9.17, 15) is 9.18 Å². The number of halogens is 2. The molecule has 0 amide bonds. The van der Waals surface area contributed by atoms with Crippen molar-refractivity contribution in [3.63, 3.8) is 0 Å². The Morgan fingerprint density at radius 2 is 2.14 bits per heavy atom. The van der Waals surface area contributed by atoms with Crippen molar-refractivity contribution in [3.05, 3.63) is 52.0 Å². The van der Waals surface area contributed by atoms with E-state index in [-0.39, 0.29) is 5.69 Å². The SMILES string of the molecule is CCc1cc(C(=O)O)nc2cc(-c3ccc(Br)cc3F)nn12. The van der Waals surface area contributed by atoms with Crippen molar-refractivity contribution >= 4 is 27.5 Å². The molecule has 3 aromatic rings. The van der Waals surface area contributed by atoms with E-state index >= 15 is 0 Å². The number of carbonyl (C=O) groups is 1. The second-order valence-electron chi connectivity index (χ2n) is 4.72. The molecule has 1 aromatic carbocycles. The maximum atomic E-state index is 14.1. The first-order chi connectivity index (χ1) is 10.5. The topological polar surface area (TPSA) is 67.5 Å². The maximum absolute atomic E-state index is 14.1. The Morgan fingerprint density at radius 1 is 1.36 bits per heavy atom. The Hall–Kier alpha value is -2.28. The monoisotopic (exact) mass is 363 g/mol. The Bertz CT molecular complexity index is 892. The first-order valence-corrected chi connectivity index (χ1v) is 7.37. The number of carboxylic acid groups (broad SMARTS) is 1. The van der Waals surface area contributed by atoms with E-state index in [2.05, 4.69) is 26.0 Å². The van der Waals surface area contributed by atoms with E-state index in [1.165, 1.54) is 12.1 Å². The number of benzene rings is 1. The molecule has 0 radical (unpaired) electrons. The molecule has 0 atom stereocenters. The van der Waals surface area contributed by atoms with Crippen LogP contribution in [0.2, 0.25) is 0 Å². The summed E-state index contributed by atoms with van der Waals surface area (Å²) < 4.78 is 16.2. The van der Waals surface area contributed by atoms with Crippen LogP contribution in [0.4, 0.5) is 4.39 Å². The molecule has 0 saturated heterocycles. The molecule has 1 N–H and O–H groups in total. The molecule has 0 saturated carbocycles. The van der Waals surface area contributed by atoms with Gasteiger partial charge in [0, 0.05) is 21.8 Å². The highest BCUT2D eigenvalue weighted by Gasteiger charge is 2.15. The normalized spacial score (nSPS) is 11.0. The van der Waals surface area contributed by atoms with Gasteiger partial charge < -0.3 is 5.11 Å². The van der Waals surface area contributed by atoms with Gasteiger partial charge in [0.15, 0.2) is 11.3 Å². The van der Waals surface area contributed by atoms with Crippen LogP contribution in [0.5, 0.6) is 0 Å². The average Bonchev–Trinajstić information content (AvgIpc) is 2.89. The summed E-state index contributed by atoms with van der Waals surface area (Å²) in [4.78, 5) is 15.2. The van der Waals surface area contributed by atoms with Gasteiger partial charge in [0.05, 0.1) is 5.69 Å². The summed E-state index contributed by atoms with van der Waals surface area (Å²) in [7, 11) is 0. The lowest BCUT2D eigenvalue weighted by atomic mass is 10.1. The lowest BCUT2D eigenvalue weighted by molar-refractivity contribution is 0.0690. The summed E-state index contributed by atoms with van der Waals surface area (Å²) in [5.74, 6) is -1.51. The molecule has 0 unspecified atom stereocenters. The maximum Gasteiger partial charge on any atom is 0.354 e. The Kier molecular flexibility index (Phi) is 3.66. The van der Waals surface area contributed by atoms with Gasteiger partial charge in [-0.05, 0) is 30.7 Å². The minimum atomic E-state index is -1.10. The smallest absolute Gasteiger partial charge is 0.354 e. The van der Waals surface area contributed by atoms with Gasteiger partial charge in [0.1, 0.15) is 5.82 Å². The summed E-state index contributed by atoms with van der Waals surface area (Å²) >= 11 is 3.21. The Labute approximate surface area is 133 Å². The van der Waals surface area contributed by atoms with Gasteiger partial charge in [-0.25, -0.2) is 18.7 Å². The van der Waals surface area contributed by atoms with Gasteiger partial charge >= 0.3 is 5.97 Å². The Balaban J connectivity index is 2.22. The van der Waals surface area contributed by atoms with Gasteiger partial charge in [0.2, 0.25) is 0 Å². The molecule has 3 rings (SSSR count). The van der Waals surface area contributed by atoms with E-state index in [1.807, 2.05) is 6.92 Å². The van der Waals surface area contributed by atoms with Crippen LogP contribution in [0.3, 0.4) is 0 Å². The second-order valence-corrected chi connectivity index (χ2v) is 5.63. The molecule has 0 spiro atoms. The quantitative estimate of drug-likeness (QED) is 0.772. The molecule has 22 heavy (non-hydrogen) atoms. The summed E-state index contributed by atoms with van der Waals surface area (Å²) in [5.41, 5.74) is 1.79. The predicted molar refractivity (Wildman–Crippen MR) is 82.4 cm³/mol. The third kappa shape index (κ3) is 2.48. The first-order valence-electron chi connectivity index (χ1n) is 6.58. The minimum Gasteiger partial charge on any atom is -0.477 e. The number of carboxylic acids is 1. The Morgan fingerprint density at radius 3 is 2.77 bits per heavy atom. The lowest BCUT2D eigenvalue weighted by Crippen LogP contribution is -2.06. The molecule has 112 valence electrons. The van der Waals surface area contributed by atoms with E-state index in [0.717, 1.165) is 0 Å². The highest BCUT2D eigenvalue weighted by atomic mass is 79.9. The highest BCUT2D eigenvalue weighted by Crippen LogP contribution is 2.25. The van der Waals surface area contributed by atoms with Crippen molar-refractivity contribution in [2.24, 2.45) is 0 Å². The van der Waals surface area contributed by atoms with Crippen LogP contribution < -0.4 is 0 Å². The van der Waals surface area contributed by atoms with Gasteiger partial charge in [0.25, 0.3) is 0 Å². The fraction of sp³-hybridized carbons (Fsp3) is 0.133. The van der Waals surface area contributed by atoms with Crippen LogP contribution in [0.1, 0.15) is 23.1 Å². The molecular weight excluding hydrogens is 353 g/mol. The number of rotatable bonds is 3. The summed E-state index contributed by atoms with van der Waals surface area (Å²) in [5, 5.41) is 13.5. The average molecular weight is 364 g/mol. The number of aromatic nitrogens is 3. The van der Waals surface area contributed by atoms with Crippen molar-refractivity contribution in [1.82, 2.24) is 14.6 Å². The zero-order valence-corrected chi connectivity index (χ0v) is 13.1. The van der Waals surface area contributed by atoms with E-state index < -0.39 is 11.8 Å². The zero-order valence-electron chi connectivity index (χ0n) is 11.5. The molecule has 2 aromatic heterocycles. The predicted octanol–water partition coefficient (Wildman–Crippen LogP) is 3.56. The number of hydrogen-bond donors (Lipinski definition) is 1. The lowest BCUT2D eigenvalue weighted by Gasteiger charge is -2.03. The van der Waals surface area contributed by atoms with E-state index in [4.69, 9.17) is 5.11 Å². The van der Waals surface area contributed by atoms with Crippen molar-refractivity contribution < 1.29 is 14.3 Å². The molecule has 0 aliphatic carbocycles. The highest BCUT2D eigenvalue weighted by molar-refractivity contribution is 9.10. The van der Waals surface area contributed by atoms with Crippen LogP contribution in [-0.4, -0.2) is 25.7 Å². The molecule has 0 bridgehead atoms. The molecule has 0 fully saturated rings. The van der Waals surface area contributed by atoms with Crippen molar-refractivity contribution in [1.29, 1.82) is 0 Å². The van der Waals surface area contributed by atoms with Crippen LogP contribution in [0.15, 0.2) is 34.8 Å². The number of hydrogen-bond acceptors (Lipinski definition) is 3. The van der Waals surface area contributed by atoms with Crippen LogP contribution in [0.25, 0.3) is 16.9 Å². The molecule has 0 aliphatic rings. The second kappa shape index (κ2) is 5.49. The minimum absolute atomic E-state index is 0.0490. The van der Waals surface area contributed by atoms with Crippen molar-refractivity contribution in [2.45, 2.75) is 13.3 Å². The van der Waals surface area contributed by atoms with E-state index in [1.54, 1.807) is 22.7 Å². The standard InChI is InChI=1S/C15H11BrFN3O2/c1-2-9-6-13(15(21)22)18-14-7-12(19-20(9)14)10-4-3-8(16)5-11(10)17/h3-7H,2H2,1H3,(H,21,22). The molecule has 7 heteroatoms. The van der Waals surface area contributed by atoms with Gasteiger partial charge in [-0.3, -0.25) is 0 Å². The largest absolute Gasteiger partial charge is 0.477 e. The third-order valence-electron chi connectivity index (χ3n) is 3.29. The molecule has 5 nitrogen and oxygen atoms in total. The molecule has 0 aliphatic heterocycles. The third-order valence-corrected chi connectivity index (χ3v) is 3.78. The number of nitrogens with zero attached hydrogens (tertiary/aromatic N) is 3. The summed E-state index contributed by atoms with van der Waals surface area (Å²) in [6, 6.07) is 7.75. The van der Waals surface area contributed by atoms with Gasteiger partial charge in [-0.15, -0.1) is 0 Å². The van der Waals surface area contributed by atoms with Gasteiger partial charge in [-0.2, -0.15) is 5.10 Å². The summed E-state index contributed by atoms with van der Waals surface area (Å²) in [6.07, 6.45) is 0.587. The van der Waals surface area contributed by atoms with Crippen LogP contribution in [-0.2, 0) is 6.42 Å². The number of aromatic carboxylic acids is 1. The zero-order chi connectivity index (χ0) is 15.9. The number of fused-ring (bicyclic) bond motifs is 1. The molecule has 2 heterocycles. The summed E-state index contributed by atoms with van der Waals surface area (Å²) in [6.45, 7) is 1.89. The fourth-order valence-electron chi connectivity index (χ4n) is 2.23.